The second-order valence-electron chi connectivity index (χ2n) is 7.11. The number of nitrogens with one attached hydrogen (secondary N) is 2. The van der Waals surface area contributed by atoms with Gasteiger partial charge in [0.15, 0.2) is 0 Å². The highest BCUT2D eigenvalue weighted by molar-refractivity contribution is 5.94. The molecule has 2 amide bonds. The van der Waals surface area contributed by atoms with Gasteiger partial charge >= 0.3 is 0 Å². The van der Waals surface area contributed by atoms with Crippen LogP contribution in [0.1, 0.15) is 43.0 Å². The van der Waals surface area contributed by atoms with Crippen LogP contribution in [0.3, 0.4) is 0 Å². The summed E-state index contributed by atoms with van der Waals surface area (Å²) in [6.07, 6.45) is 3.99. The van der Waals surface area contributed by atoms with Gasteiger partial charge in [0.25, 0.3) is 5.91 Å². The number of hydrogen-bond acceptors (Lipinski definition) is 4. The molecule has 0 saturated carbocycles. The molecule has 26 heavy (non-hydrogen) atoms. The van der Waals surface area contributed by atoms with Crippen molar-refractivity contribution in [3.05, 3.63) is 29.8 Å². The van der Waals surface area contributed by atoms with Gasteiger partial charge < -0.3 is 20.3 Å². The van der Waals surface area contributed by atoms with Crippen molar-refractivity contribution in [3.63, 3.8) is 0 Å². The van der Waals surface area contributed by atoms with Crippen LogP contribution in [0.15, 0.2) is 24.3 Å². The maximum atomic E-state index is 12.8. The number of amides is 2. The maximum absolute atomic E-state index is 12.8. The topological polar surface area (TPSA) is 70.7 Å². The molecule has 0 spiro atoms. The van der Waals surface area contributed by atoms with Crippen molar-refractivity contribution in [3.8, 4) is 5.75 Å². The summed E-state index contributed by atoms with van der Waals surface area (Å²) in [6.45, 7) is 5.53. The summed E-state index contributed by atoms with van der Waals surface area (Å²) in [4.78, 5) is 26.9. The molecule has 142 valence electrons. The average molecular weight is 359 g/mol. The van der Waals surface area contributed by atoms with Gasteiger partial charge in [0.2, 0.25) is 5.91 Å². The van der Waals surface area contributed by atoms with E-state index in [-0.39, 0.29) is 17.9 Å². The molecule has 2 fully saturated rings. The SMILES string of the molecule is CCOc1cccc(C(=O)N2CCCC(CNC(=O)C3CCCN3)C2)c1. The van der Waals surface area contributed by atoms with E-state index >= 15 is 0 Å². The highest BCUT2D eigenvalue weighted by atomic mass is 16.5. The van der Waals surface area contributed by atoms with Crippen LogP contribution in [0.2, 0.25) is 0 Å². The minimum absolute atomic E-state index is 0.0417. The number of carbonyl (C=O) groups excluding carboxylic acids is 2. The predicted octanol–water partition coefficient (Wildman–Crippen LogP) is 1.81. The Bertz CT molecular complexity index is 628. The number of nitrogens with zero attached hydrogens (tertiary/aromatic N) is 1. The summed E-state index contributed by atoms with van der Waals surface area (Å²) >= 11 is 0. The number of hydrogen-bond donors (Lipinski definition) is 2. The van der Waals surface area contributed by atoms with Gasteiger partial charge in [-0.15, -0.1) is 0 Å². The first-order valence-electron chi connectivity index (χ1n) is 9.70. The molecule has 0 radical (unpaired) electrons. The molecule has 3 rings (SSSR count). The van der Waals surface area contributed by atoms with E-state index in [4.69, 9.17) is 4.74 Å². The summed E-state index contributed by atoms with van der Waals surface area (Å²) < 4.78 is 5.49. The zero-order chi connectivity index (χ0) is 18.4. The zero-order valence-electron chi connectivity index (χ0n) is 15.5. The van der Waals surface area contributed by atoms with E-state index in [9.17, 15) is 9.59 Å². The summed E-state index contributed by atoms with van der Waals surface area (Å²) in [7, 11) is 0. The van der Waals surface area contributed by atoms with Gasteiger partial charge in [-0.3, -0.25) is 9.59 Å². The first kappa shape index (κ1) is 18.7. The minimum Gasteiger partial charge on any atom is -0.494 e. The molecule has 6 heteroatoms. The molecule has 2 aliphatic heterocycles. The number of piperidine rings is 1. The lowest BCUT2D eigenvalue weighted by Gasteiger charge is -2.33. The maximum Gasteiger partial charge on any atom is 0.253 e. The van der Waals surface area contributed by atoms with Gasteiger partial charge in [-0.25, -0.2) is 0 Å². The monoisotopic (exact) mass is 359 g/mol. The van der Waals surface area contributed by atoms with Crippen molar-refractivity contribution >= 4 is 11.8 Å². The lowest BCUT2D eigenvalue weighted by atomic mass is 9.97. The van der Waals surface area contributed by atoms with Gasteiger partial charge in [-0.1, -0.05) is 6.07 Å². The fourth-order valence-electron chi connectivity index (χ4n) is 3.76. The minimum atomic E-state index is -0.0439. The van der Waals surface area contributed by atoms with Crippen molar-refractivity contribution in [2.45, 2.75) is 38.6 Å². The summed E-state index contributed by atoms with van der Waals surface area (Å²) in [6, 6.07) is 7.32. The predicted molar refractivity (Wildman–Crippen MR) is 100 cm³/mol. The second kappa shape index (κ2) is 9.03. The number of benzene rings is 1. The third kappa shape index (κ3) is 4.75. The van der Waals surface area contributed by atoms with Crippen LogP contribution in [-0.4, -0.2) is 55.5 Å². The molecule has 2 heterocycles. The molecule has 1 aromatic carbocycles. The lowest BCUT2D eigenvalue weighted by molar-refractivity contribution is -0.123. The van der Waals surface area contributed by atoms with Crippen molar-refractivity contribution in [1.29, 1.82) is 0 Å². The van der Waals surface area contributed by atoms with Gasteiger partial charge in [0.05, 0.1) is 12.6 Å². The molecule has 1 aromatic rings. The van der Waals surface area contributed by atoms with Crippen molar-refractivity contribution in [2.24, 2.45) is 5.92 Å². The summed E-state index contributed by atoms with van der Waals surface area (Å²) in [5.41, 5.74) is 0.663. The fourth-order valence-corrected chi connectivity index (χ4v) is 3.76. The highest BCUT2D eigenvalue weighted by Crippen LogP contribution is 2.20. The third-order valence-electron chi connectivity index (χ3n) is 5.14. The number of carbonyl (C=O) groups is 2. The Morgan fingerprint density at radius 2 is 2.19 bits per heavy atom. The first-order chi connectivity index (χ1) is 12.7. The Hall–Kier alpha value is -2.08. The molecule has 2 N–H and O–H groups in total. The van der Waals surface area contributed by atoms with E-state index in [1.54, 1.807) is 0 Å². The standard InChI is InChI=1S/C20H29N3O3/c1-2-26-17-8-3-7-16(12-17)20(25)23-11-5-6-15(14-23)13-22-19(24)18-9-4-10-21-18/h3,7-8,12,15,18,21H,2,4-6,9-11,13-14H2,1H3,(H,22,24). The Morgan fingerprint density at radius 1 is 1.31 bits per heavy atom. The van der Waals surface area contributed by atoms with Crippen LogP contribution < -0.4 is 15.4 Å². The summed E-state index contributed by atoms with van der Waals surface area (Å²) in [5, 5.41) is 6.28. The third-order valence-corrected chi connectivity index (χ3v) is 5.14. The molecule has 0 bridgehead atoms. The normalized spacial score (nSPS) is 22.9. The molecule has 6 nitrogen and oxygen atoms in total. The molecule has 2 unspecified atom stereocenters. The lowest BCUT2D eigenvalue weighted by Crippen LogP contribution is -2.46. The Balaban J connectivity index is 1.53. The van der Waals surface area contributed by atoms with Crippen LogP contribution in [0.4, 0.5) is 0 Å². The second-order valence-corrected chi connectivity index (χ2v) is 7.11. The first-order valence-corrected chi connectivity index (χ1v) is 9.70. The molecule has 0 aromatic heterocycles. The van der Waals surface area contributed by atoms with E-state index < -0.39 is 0 Å². The van der Waals surface area contributed by atoms with E-state index in [0.29, 0.717) is 31.2 Å². The van der Waals surface area contributed by atoms with E-state index in [2.05, 4.69) is 10.6 Å². The van der Waals surface area contributed by atoms with E-state index in [1.807, 2.05) is 36.1 Å². The van der Waals surface area contributed by atoms with Crippen LogP contribution in [0.5, 0.6) is 5.75 Å². The highest BCUT2D eigenvalue weighted by Gasteiger charge is 2.27. The van der Waals surface area contributed by atoms with Crippen molar-refractivity contribution in [2.75, 3.05) is 32.8 Å². The quantitative estimate of drug-likeness (QED) is 0.813. The summed E-state index contributed by atoms with van der Waals surface area (Å²) in [5.74, 6) is 1.17. The van der Waals surface area contributed by atoms with Gasteiger partial charge in [-0.05, 0) is 63.3 Å². The van der Waals surface area contributed by atoms with Crippen molar-refractivity contribution < 1.29 is 14.3 Å². The Kier molecular flexibility index (Phi) is 6.50. The van der Waals surface area contributed by atoms with Crippen LogP contribution in [0, 0.1) is 5.92 Å². The Labute approximate surface area is 155 Å². The smallest absolute Gasteiger partial charge is 0.253 e. The van der Waals surface area contributed by atoms with E-state index in [1.165, 1.54) is 0 Å². The number of ether oxygens (including phenoxy) is 1. The number of rotatable bonds is 6. The van der Waals surface area contributed by atoms with E-state index in [0.717, 1.165) is 44.5 Å². The van der Waals surface area contributed by atoms with Crippen LogP contribution in [-0.2, 0) is 4.79 Å². The zero-order valence-corrected chi connectivity index (χ0v) is 15.5. The van der Waals surface area contributed by atoms with Gasteiger partial charge in [0, 0.05) is 25.2 Å². The molecule has 2 atom stereocenters. The molecular formula is C20H29N3O3. The molecule has 2 aliphatic rings. The van der Waals surface area contributed by atoms with Gasteiger partial charge in [0.1, 0.15) is 5.75 Å². The molecule has 2 saturated heterocycles. The Morgan fingerprint density at radius 3 is 2.96 bits per heavy atom. The van der Waals surface area contributed by atoms with Crippen LogP contribution in [0.25, 0.3) is 0 Å². The van der Waals surface area contributed by atoms with Gasteiger partial charge in [-0.2, -0.15) is 0 Å². The average Bonchev–Trinajstić information content (AvgIpc) is 3.21. The largest absolute Gasteiger partial charge is 0.494 e. The molecular weight excluding hydrogens is 330 g/mol. The molecule has 0 aliphatic carbocycles. The van der Waals surface area contributed by atoms with Crippen LogP contribution >= 0.6 is 0 Å². The van der Waals surface area contributed by atoms with Crippen molar-refractivity contribution in [1.82, 2.24) is 15.5 Å². The number of likely N-dealkylation sites (tertiary alicyclic amines) is 1. The fraction of sp³-hybridized carbons (Fsp3) is 0.600.